The van der Waals surface area contributed by atoms with Crippen LogP contribution in [-0.4, -0.2) is 37.0 Å². The zero-order valence-electron chi connectivity index (χ0n) is 10.1. The van der Waals surface area contributed by atoms with Crippen LogP contribution < -0.4 is 10.5 Å². The van der Waals surface area contributed by atoms with E-state index < -0.39 is 0 Å². The van der Waals surface area contributed by atoms with Gasteiger partial charge in [0.05, 0.1) is 0 Å². The van der Waals surface area contributed by atoms with E-state index in [1.54, 1.807) is 0 Å². The maximum Gasteiger partial charge on any atom is 0.260 e. The summed E-state index contributed by atoms with van der Waals surface area (Å²) in [4.78, 5) is 13.7. The highest BCUT2D eigenvalue weighted by Crippen LogP contribution is 2.17. The molecule has 2 N–H and O–H groups in total. The molecular formula is C13H17BrN2O2. The summed E-state index contributed by atoms with van der Waals surface area (Å²) in [6.07, 6.45) is 1.00. The van der Waals surface area contributed by atoms with Gasteiger partial charge in [-0.2, -0.15) is 0 Å². The molecule has 1 atom stereocenters. The molecular weight excluding hydrogens is 296 g/mol. The fourth-order valence-electron chi connectivity index (χ4n) is 2.02. The lowest BCUT2D eigenvalue weighted by Gasteiger charge is -2.16. The maximum absolute atomic E-state index is 11.9. The number of nitrogens with two attached hydrogens (primary N) is 1. The van der Waals surface area contributed by atoms with E-state index in [2.05, 4.69) is 15.9 Å². The number of halogens is 1. The van der Waals surface area contributed by atoms with E-state index in [1.807, 2.05) is 29.2 Å². The average molecular weight is 313 g/mol. The van der Waals surface area contributed by atoms with Crippen LogP contribution in [0.25, 0.3) is 0 Å². The molecule has 0 saturated carbocycles. The molecule has 2 rings (SSSR count). The fourth-order valence-corrected chi connectivity index (χ4v) is 2.28. The van der Waals surface area contributed by atoms with E-state index in [0.717, 1.165) is 24.0 Å². The van der Waals surface area contributed by atoms with Crippen molar-refractivity contribution >= 4 is 21.8 Å². The quantitative estimate of drug-likeness (QED) is 0.919. The van der Waals surface area contributed by atoms with E-state index in [1.165, 1.54) is 0 Å². The first-order valence-electron chi connectivity index (χ1n) is 6.05. The molecule has 18 heavy (non-hydrogen) atoms. The summed E-state index contributed by atoms with van der Waals surface area (Å²) in [5, 5.41) is 0. The van der Waals surface area contributed by atoms with Crippen molar-refractivity contribution in [1.82, 2.24) is 4.90 Å². The molecule has 5 heteroatoms. The minimum atomic E-state index is 0.0360. The predicted molar refractivity (Wildman–Crippen MR) is 73.4 cm³/mol. The van der Waals surface area contributed by atoms with Crippen molar-refractivity contribution in [3.05, 3.63) is 28.7 Å². The Bertz CT molecular complexity index is 408. The van der Waals surface area contributed by atoms with Crippen LogP contribution in [0, 0.1) is 5.92 Å². The maximum atomic E-state index is 11.9. The van der Waals surface area contributed by atoms with Crippen molar-refractivity contribution in [1.29, 1.82) is 0 Å². The highest BCUT2D eigenvalue weighted by atomic mass is 79.9. The highest BCUT2D eigenvalue weighted by Gasteiger charge is 2.25. The second kappa shape index (κ2) is 6.20. The first-order chi connectivity index (χ1) is 8.69. The minimum Gasteiger partial charge on any atom is -0.484 e. The lowest BCUT2D eigenvalue weighted by Crippen LogP contribution is -2.33. The molecule has 1 fully saturated rings. The van der Waals surface area contributed by atoms with Gasteiger partial charge in [-0.3, -0.25) is 4.79 Å². The van der Waals surface area contributed by atoms with Crippen LogP contribution in [0.15, 0.2) is 28.7 Å². The first-order valence-corrected chi connectivity index (χ1v) is 6.84. The van der Waals surface area contributed by atoms with Gasteiger partial charge in [-0.15, -0.1) is 0 Å². The van der Waals surface area contributed by atoms with Gasteiger partial charge < -0.3 is 15.4 Å². The Morgan fingerprint density at radius 2 is 2.17 bits per heavy atom. The van der Waals surface area contributed by atoms with Gasteiger partial charge in [0.1, 0.15) is 5.75 Å². The van der Waals surface area contributed by atoms with Crippen LogP contribution in [-0.2, 0) is 4.79 Å². The standard InChI is InChI=1S/C13H17BrN2O2/c14-11-1-3-12(4-2-11)18-9-13(17)16-6-5-10(7-15)8-16/h1-4,10H,5-9,15H2/t10-/m0/s1. The number of likely N-dealkylation sites (tertiary alicyclic amines) is 1. The van der Waals surface area contributed by atoms with Crippen LogP contribution in [0.2, 0.25) is 0 Å². The molecule has 4 nitrogen and oxygen atoms in total. The van der Waals surface area contributed by atoms with Gasteiger partial charge in [0, 0.05) is 17.6 Å². The summed E-state index contributed by atoms with van der Waals surface area (Å²) in [7, 11) is 0. The Hall–Kier alpha value is -1.07. The third-order valence-corrected chi connectivity index (χ3v) is 3.68. The van der Waals surface area contributed by atoms with Gasteiger partial charge >= 0.3 is 0 Å². The number of hydrogen-bond donors (Lipinski definition) is 1. The van der Waals surface area contributed by atoms with Crippen molar-refractivity contribution in [3.63, 3.8) is 0 Å². The van der Waals surface area contributed by atoms with E-state index in [9.17, 15) is 4.79 Å². The normalized spacial score (nSPS) is 19.0. The number of hydrogen-bond acceptors (Lipinski definition) is 3. The van der Waals surface area contributed by atoms with Gasteiger partial charge in [0.2, 0.25) is 0 Å². The SMILES string of the molecule is NC[C@@H]1CCN(C(=O)COc2ccc(Br)cc2)C1. The number of rotatable bonds is 4. The van der Waals surface area contributed by atoms with E-state index in [4.69, 9.17) is 10.5 Å². The summed E-state index contributed by atoms with van der Waals surface area (Å²) >= 11 is 3.35. The first kappa shape index (κ1) is 13.4. The molecule has 0 aliphatic carbocycles. The Balaban J connectivity index is 1.80. The molecule has 1 saturated heterocycles. The summed E-state index contributed by atoms with van der Waals surface area (Å²) in [5.41, 5.74) is 5.60. The molecule has 1 heterocycles. The molecule has 1 aliphatic rings. The smallest absolute Gasteiger partial charge is 0.260 e. The fraction of sp³-hybridized carbons (Fsp3) is 0.462. The number of carbonyl (C=O) groups is 1. The number of ether oxygens (including phenoxy) is 1. The molecule has 0 unspecified atom stereocenters. The van der Waals surface area contributed by atoms with Crippen LogP contribution >= 0.6 is 15.9 Å². The average Bonchev–Trinajstić information content (AvgIpc) is 2.86. The zero-order valence-corrected chi connectivity index (χ0v) is 11.7. The van der Waals surface area contributed by atoms with E-state index in [-0.39, 0.29) is 12.5 Å². The van der Waals surface area contributed by atoms with Crippen LogP contribution in [0.1, 0.15) is 6.42 Å². The number of benzene rings is 1. The lowest BCUT2D eigenvalue weighted by molar-refractivity contribution is -0.132. The number of nitrogens with zero attached hydrogens (tertiary/aromatic N) is 1. The van der Waals surface area contributed by atoms with Gasteiger partial charge in [-0.1, -0.05) is 15.9 Å². The molecule has 0 radical (unpaired) electrons. The molecule has 1 aromatic carbocycles. The van der Waals surface area contributed by atoms with Gasteiger partial charge in [-0.25, -0.2) is 0 Å². The summed E-state index contributed by atoms with van der Waals surface area (Å²) in [6, 6.07) is 7.45. The van der Waals surface area contributed by atoms with Crippen molar-refractivity contribution in [2.45, 2.75) is 6.42 Å². The lowest BCUT2D eigenvalue weighted by atomic mass is 10.1. The topological polar surface area (TPSA) is 55.6 Å². The summed E-state index contributed by atoms with van der Waals surface area (Å²) in [5.74, 6) is 1.19. The third kappa shape index (κ3) is 3.46. The molecule has 1 aromatic rings. The van der Waals surface area contributed by atoms with E-state index >= 15 is 0 Å². The van der Waals surface area contributed by atoms with Crippen molar-refractivity contribution < 1.29 is 9.53 Å². The molecule has 0 bridgehead atoms. The Morgan fingerprint density at radius 1 is 1.44 bits per heavy atom. The van der Waals surface area contributed by atoms with Gasteiger partial charge in [-0.05, 0) is 43.1 Å². The number of carbonyl (C=O) groups excluding carboxylic acids is 1. The summed E-state index contributed by atoms with van der Waals surface area (Å²) in [6.45, 7) is 2.31. The van der Waals surface area contributed by atoms with Crippen LogP contribution in [0.3, 0.4) is 0 Å². The van der Waals surface area contributed by atoms with Crippen LogP contribution in [0.4, 0.5) is 0 Å². The van der Waals surface area contributed by atoms with Gasteiger partial charge in [0.25, 0.3) is 5.91 Å². The van der Waals surface area contributed by atoms with Crippen LogP contribution in [0.5, 0.6) is 5.75 Å². The van der Waals surface area contributed by atoms with Gasteiger partial charge in [0.15, 0.2) is 6.61 Å². The Kier molecular flexibility index (Phi) is 4.60. The molecule has 0 aromatic heterocycles. The summed E-state index contributed by atoms with van der Waals surface area (Å²) < 4.78 is 6.45. The Labute approximate surface area is 115 Å². The second-order valence-electron chi connectivity index (χ2n) is 4.47. The van der Waals surface area contributed by atoms with Crippen molar-refractivity contribution in [2.24, 2.45) is 11.7 Å². The minimum absolute atomic E-state index is 0.0360. The van der Waals surface area contributed by atoms with Crippen molar-refractivity contribution in [3.8, 4) is 5.75 Å². The molecule has 98 valence electrons. The predicted octanol–water partition coefficient (Wildman–Crippen LogP) is 1.64. The second-order valence-corrected chi connectivity index (χ2v) is 5.39. The van der Waals surface area contributed by atoms with Crippen molar-refractivity contribution in [2.75, 3.05) is 26.2 Å². The van der Waals surface area contributed by atoms with E-state index in [0.29, 0.717) is 18.2 Å². The number of amides is 1. The highest BCUT2D eigenvalue weighted by molar-refractivity contribution is 9.10. The Morgan fingerprint density at radius 3 is 2.78 bits per heavy atom. The zero-order chi connectivity index (χ0) is 13.0. The molecule has 1 amide bonds. The molecule has 1 aliphatic heterocycles. The molecule has 0 spiro atoms. The largest absolute Gasteiger partial charge is 0.484 e. The third-order valence-electron chi connectivity index (χ3n) is 3.15. The monoisotopic (exact) mass is 312 g/mol.